The summed E-state index contributed by atoms with van der Waals surface area (Å²) in [5.41, 5.74) is 0.272. The quantitative estimate of drug-likeness (QED) is 0.790. The van der Waals surface area contributed by atoms with E-state index in [0.29, 0.717) is 22.2 Å². The Morgan fingerprint density at radius 3 is 2.68 bits per heavy atom. The van der Waals surface area contributed by atoms with Crippen LogP contribution in [-0.4, -0.2) is 24.2 Å². The van der Waals surface area contributed by atoms with E-state index in [2.05, 4.69) is 5.32 Å². The third-order valence-electron chi connectivity index (χ3n) is 2.92. The Labute approximate surface area is 123 Å². The minimum absolute atomic E-state index is 0.113. The van der Waals surface area contributed by atoms with Crippen LogP contribution in [0.25, 0.3) is 0 Å². The van der Waals surface area contributed by atoms with E-state index in [1.54, 1.807) is 18.2 Å². The molecule has 0 atom stereocenters. The summed E-state index contributed by atoms with van der Waals surface area (Å²) in [5, 5.41) is 12.8. The van der Waals surface area contributed by atoms with E-state index >= 15 is 0 Å². The second-order valence-electron chi connectivity index (χ2n) is 5.31. The first kappa shape index (κ1) is 16.3. The van der Waals surface area contributed by atoms with Crippen LogP contribution in [0.15, 0.2) is 18.2 Å². The third kappa shape index (κ3) is 5.39. The number of rotatable bonds is 6. The van der Waals surface area contributed by atoms with Crippen molar-refractivity contribution in [2.45, 2.75) is 26.7 Å². The molecule has 0 saturated carbocycles. The van der Waals surface area contributed by atoms with Gasteiger partial charge in [-0.25, -0.2) is 0 Å². The van der Waals surface area contributed by atoms with E-state index in [1.165, 1.54) is 0 Å². The fourth-order valence-electron chi connectivity index (χ4n) is 1.61. The lowest BCUT2D eigenvalue weighted by atomic mass is 9.89. The summed E-state index contributed by atoms with van der Waals surface area (Å²) >= 11 is 11.8. The van der Waals surface area contributed by atoms with Gasteiger partial charge in [-0.05, 0) is 36.5 Å². The first-order valence-electron chi connectivity index (χ1n) is 6.20. The van der Waals surface area contributed by atoms with Crippen molar-refractivity contribution in [3.05, 3.63) is 33.8 Å². The molecule has 0 aliphatic rings. The molecule has 0 spiro atoms. The highest BCUT2D eigenvalue weighted by Crippen LogP contribution is 2.22. The second-order valence-corrected chi connectivity index (χ2v) is 6.15. The van der Waals surface area contributed by atoms with Crippen molar-refractivity contribution in [2.24, 2.45) is 5.41 Å². The van der Waals surface area contributed by atoms with Crippen molar-refractivity contribution < 1.29 is 9.90 Å². The number of carbonyl (C=O) groups excluding carboxylic acids is 1. The Morgan fingerprint density at radius 1 is 1.37 bits per heavy atom. The SMILES string of the molecule is CC(C)(CO)CCCNC(=O)c1cc(Cl)ccc1Cl. The molecule has 0 heterocycles. The summed E-state index contributed by atoms with van der Waals surface area (Å²) in [5.74, 6) is -0.227. The molecule has 0 fully saturated rings. The number of nitrogens with one attached hydrogen (secondary N) is 1. The highest BCUT2D eigenvalue weighted by atomic mass is 35.5. The molecule has 0 aromatic heterocycles. The fraction of sp³-hybridized carbons (Fsp3) is 0.500. The lowest BCUT2D eigenvalue weighted by Gasteiger charge is -2.21. The van der Waals surface area contributed by atoms with Gasteiger partial charge in [-0.1, -0.05) is 37.0 Å². The lowest BCUT2D eigenvalue weighted by molar-refractivity contribution is 0.0948. The van der Waals surface area contributed by atoms with Crippen LogP contribution >= 0.6 is 23.2 Å². The monoisotopic (exact) mass is 303 g/mol. The second kappa shape index (κ2) is 7.13. The standard InChI is InChI=1S/C14H19Cl2NO2/c1-14(2,9-18)6-3-7-17-13(19)11-8-10(15)4-5-12(11)16/h4-5,8,18H,3,6-7,9H2,1-2H3,(H,17,19). The van der Waals surface area contributed by atoms with Crippen LogP contribution < -0.4 is 5.32 Å². The third-order valence-corrected chi connectivity index (χ3v) is 3.48. The number of benzene rings is 1. The summed E-state index contributed by atoms with van der Waals surface area (Å²) < 4.78 is 0. The van der Waals surface area contributed by atoms with Crippen LogP contribution in [0.5, 0.6) is 0 Å². The lowest BCUT2D eigenvalue weighted by Crippen LogP contribution is -2.26. The molecular formula is C14H19Cl2NO2. The Kier molecular flexibility index (Phi) is 6.11. The molecular weight excluding hydrogens is 285 g/mol. The van der Waals surface area contributed by atoms with E-state index in [-0.39, 0.29) is 17.9 Å². The zero-order chi connectivity index (χ0) is 14.5. The number of hydrogen-bond acceptors (Lipinski definition) is 2. The van der Waals surface area contributed by atoms with Crippen LogP contribution in [0.3, 0.4) is 0 Å². The van der Waals surface area contributed by atoms with Crippen LogP contribution in [0.4, 0.5) is 0 Å². The van der Waals surface area contributed by atoms with E-state index in [9.17, 15) is 4.79 Å². The van der Waals surface area contributed by atoms with Gasteiger partial charge >= 0.3 is 0 Å². The zero-order valence-electron chi connectivity index (χ0n) is 11.2. The predicted octanol–water partition coefficient (Wildman–Crippen LogP) is 3.52. The van der Waals surface area contributed by atoms with Crippen molar-refractivity contribution in [3.63, 3.8) is 0 Å². The van der Waals surface area contributed by atoms with E-state index < -0.39 is 0 Å². The molecule has 5 heteroatoms. The minimum atomic E-state index is -0.227. The van der Waals surface area contributed by atoms with Crippen LogP contribution in [0.1, 0.15) is 37.0 Å². The van der Waals surface area contributed by atoms with Gasteiger partial charge in [0, 0.05) is 18.2 Å². The molecule has 1 aromatic rings. The van der Waals surface area contributed by atoms with Crippen molar-refractivity contribution in [1.29, 1.82) is 0 Å². The average molecular weight is 304 g/mol. The number of amides is 1. The van der Waals surface area contributed by atoms with Gasteiger partial charge in [-0.2, -0.15) is 0 Å². The van der Waals surface area contributed by atoms with E-state index in [4.69, 9.17) is 28.3 Å². The van der Waals surface area contributed by atoms with Crippen molar-refractivity contribution >= 4 is 29.1 Å². The predicted molar refractivity (Wildman–Crippen MR) is 78.9 cm³/mol. The molecule has 0 bridgehead atoms. The highest BCUT2D eigenvalue weighted by molar-refractivity contribution is 6.35. The molecule has 0 saturated heterocycles. The highest BCUT2D eigenvalue weighted by Gasteiger charge is 2.16. The van der Waals surface area contributed by atoms with Crippen molar-refractivity contribution in [3.8, 4) is 0 Å². The summed E-state index contributed by atoms with van der Waals surface area (Å²) in [6.45, 7) is 4.66. The fourth-order valence-corrected chi connectivity index (χ4v) is 1.99. The zero-order valence-corrected chi connectivity index (χ0v) is 12.7. The number of aliphatic hydroxyl groups excluding tert-OH is 1. The Bertz CT molecular complexity index is 447. The molecule has 0 aliphatic heterocycles. The van der Waals surface area contributed by atoms with Gasteiger partial charge in [0.25, 0.3) is 5.91 Å². The number of halogens is 2. The first-order valence-corrected chi connectivity index (χ1v) is 6.95. The number of carbonyl (C=O) groups is 1. The largest absolute Gasteiger partial charge is 0.396 e. The molecule has 0 unspecified atom stereocenters. The summed E-state index contributed by atoms with van der Waals surface area (Å²) in [6.07, 6.45) is 1.64. The maximum atomic E-state index is 11.9. The molecule has 106 valence electrons. The molecule has 0 radical (unpaired) electrons. The summed E-state index contributed by atoms with van der Waals surface area (Å²) in [7, 11) is 0. The van der Waals surface area contributed by atoms with Gasteiger partial charge < -0.3 is 10.4 Å². The van der Waals surface area contributed by atoms with E-state index in [1.807, 2.05) is 13.8 Å². The topological polar surface area (TPSA) is 49.3 Å². The van der Waals surface area contributed by atoms with Crippen LogP contribution in [0.2, 0.25) is 10.0 Å². The number of aliphatic hydroxyl groups is 1. The van der Waals surface area contributed by atoms with Gasteiger partial charge in [0.1, 0.15) is 0 Å². The molecule has 3 nitrogen and oxygen atoms in total. The maximum absolute atomic E-state index is 11.9. The average Bonchev–Trinajstić information content (AvgIpc) is 2.37. The molecule has 0 aliphatic carbocycles. The van der Waals surface area contributed by atoms with Gasteiger partial charge in [0.15, 0.2) is 0 Å². The Morgan fingerprint density at radius 2 is 2.05 bits per heavy atom. The van der Waals surface area contributed by atoms with Crippen LogP contribution in [0, 0.1) is 5.41 Å². The van der Waals surface area contributed by atoms with Gasteiger partial charge in [-0.15, -0.1) is 0 Å². The number of hydrogen-bond donors (Lipinski definition) is 2. The van der Waals surface area contributed by atoms with Gasteiger partial charge in [0.2, 0.25) is 0 Å². The summed E-state index contributed by atoms with van der Waals surface area (Å²) in [6, 6.07) is 4.80. The normalized spacial score (nSPS) is 11.4. The molecule has 2 N–H and O–H groups in total. The minimum Gasteiger partial charge on any atom is -0.396 e. The van der Waals surface area contributed by atoms with Crippen molar-refractivity contribution in [1.82, 2.24) is 5.32 Å². The van der Waals surface area contributed by atoms with Gasteiger partial charge in [-0.3, -0.25) is 4.79 Å². The molecule has 19 heavy (non-hydrogen) atoms. The summed E-state index contributed by atoms with van der Waals surface area (Å²) in [4.78, 5) is 11.9. The molecule has 1 aromatic carbocycles. The Balaban J connectivity index is 2.46. The Hall–Kier alpha value is -0.770. The first-order chi connectivity index (χ1) is 8.85. The van der Waals surface area contributed by atoms with Crippen LogP contribution in [-0.2, 0) is 0 Å². The molecule has 1 rings (SSSR count). The van der Waals surface area contributed by atoms with E-state index in [0.717, 1.165) is 12.8 Å². The molecule has 1 amide bonds. The smallest absolute Gasteiger partial charge is 0.252 e. The van der Waals surface area contributed by atoms with Crippen molar-refractivity contribution in [2.75, 3.05) is 13.2 Å². The van der Waals surface area contributed by atoms with Gasteiger partial charge in [0.05, 0.1) is 10.6 Å². The maximum Gasteiger partial charge on any atom is 0.252 e.